The highest BCUT2D eigenvalue weighted by molar-refractivity contribution is 5.93. The van der Waals surface area contributed by atoms with Crippen LogP contribution in [0.4, 0.5) is 24.8 Å². The van der Waals surface area contributed by atoms with Gasteiger partial charge in [0, 0.05) is 22.8 Å². The minimum Gasteiger partial charge on any atom is -0.497 e. The van der Waals surface area contributed by atoms with Crippen LogP contribution in [0.1, 0.15) is 5.56 Å². The SMILES string of the molecule is COc1ccc(-c2cccc3cnc(Nc4ccc(C(F)(F)F)cc4)nc23)cc1. The average molecular weight is 395 g/mol. The van der Waals surface area contributed by atoms with Gasteiger partial charge in [-0.2, -0.15) is 13.2 Å². The maximum atomic E-state index is 12.7. The Kier molecular flexibility index (Phi) is 4.80. The Morgan fingerprint density at radius 1 is 0.897 bits per heavy atom. The lowest BCUT2D eigenvalue weighted by Gasteiger charge is -2.11. The molecule has 4 aromatic rings. The molecule has 3 aromatic carbocycles. The highest BCUT2D eigenvalue weighted by atomic mass is 19.4. The summed E-state index contributed by atoms with van der Waals surface area (Å²) in [5, 5.41) is 3.82. The van der Waals surface area contributed by atoms with E-state index in [1.165, 1.54) is 12.1 Å². The number of hydrogen-bond acceptors (Lipinski definition) is 4. The van der Waals surface area contributed by atoms with Gasteiger partial charge in [-0.3, -0.25) is 0 Å². The summed E-state index contributed by atoms with van der Waals surface area (Å²) in [5.74, 6) is 1.06. The zero-order valence-electron chi connectivity index (χ0n) is 15.4. The monoisotopic (exact) mass is 395 g/mol. The molecule has 146 valence electrons. The quantitative estimate of drug-likeness (QED) is 0.456. The van der Waals surface area contributed by atoms with Crippen molar-refractivity contribution in [3.63, 3.8) is 0 Å². The van der Waals surface area contributed by atoms with Gasteiger partial charge in [-0.25, -0.2) is 9.97 Å². The smallest absolute Gasteiger partial charge is 0.416 e. The molecule has 7 heteroatoms. The van der Waals surface area contributed by atoms with E-state index in [0.717, 1.165) is 39.9 Å². The predicted molar refractivity (Wildman–Crippen MR) is 106 cm³/mol. The number of ether oxygens (including phenoxy) is 1. The molecule has 0 amide bonds. The number of nitrogens with zero attached hydrogens (tertiary/aromatic N) is 2. The van der Waals surface area contributed by atoms with Gasteiger partial charge < -0.3 is 10.1 Å². The van der Waals surface area contributed by atoms with Gasteiger partial charge in [-0.15, -0.1) is 0 Å². The molecular weight excluding hydrogens is 379 g/mol. The van der Waals surface area contributed by atoms with Crippen LogP contribution < -0.4 is 10.1 Å². The zero-order valence-corrected chi connectivity index (χ0v) is 15.4. The summed E-state index contributed by atoms with van der Waals surface area (Å²) in [6, 6.07) is 18.2. The van der Waals surface area contributed by atoms with E-state index < -0.39 is 11.7 Å². The van der Waals surface area contributed by atoms with Crippen molar-refractivity contribution in [3.8, 4) is 16.9 Å². The van der Waals surface area contributed by atoms with E-state index in [-0.39, 0.29) is 0 Å². The molecule has 0 saturated carbocycles. The van der Waals surface area contributed by atoms with Crippen molar-refractivity contribution < 1.29 is 17.9 Å². The van der Waals surface area contributed by atoms with Crippen molar-refractivity contribution in [2.45, 2.75) is 6.18 Å². The molecule has 4 nitrogen and oxygen atoms in total. The third-order valence-corrected chi connectivity index (χ3v) is 4.48. The van der Waals surface area contributed by atoms with Crippen LogP contribution in [0.15, 0.2) is 72.9 Å². The number of rotatable bonds is 4. The summed E-state index contributed by atoms with van der Waals surface area (Å²) in [5.41, 5.74) is 2.39. The largest absolute Gasteiger partial charge is 0.497 e. The zero-order chi connectivity index (χ0) is 20.4. The second-order valence-electron chi connectivity index (χ2n) is 6.37. The summed E-state index contributed by atoms with van der Waals surface area (Å²) < 4.78 is 43.4. The predicted octanol–water partition coefficient (Wildman–Crippen LogP) is 6.07. The second-order valence-corrected chi connectivity index (χ2v) is 6.37. The molecule has 0 bridgehead atoms. The van der Waals surface area contributed by atoms with Gasteiger partial charge in [0.05, 0.1) is 18.2 Å². The molecule has 1 heterocycles. The van der Waals surface area contributed by atoms with Crippen LogP contribution in [-0.2, 0) is 6.18 Å². The van der Waals surface area contributed by atoms with Crippen LogP contribution in [0, 0.1) is 0 Å². The topological polar surface area (TPSA) is 47.0 Å². The number of methoxy groups -OCH3 is 1. The van der Waals surface area contributed by atoms with Crippen LogP contribution in [0.2, 0.25) is 0 Å². The van der Waals surface area contributed by atoms with Gasteiger partial charge in [-0.1, -0.05) is 30.3 Å². The Bertz CT molecular complexity index is 1140. The lowest BCUT2D eigenvalue weighted by Crippen LogP contribution is -2.04. The molecule has 4 rings (SSSR count). The molecule has 29 heavy (non-hydrogen) atoms. The first-order valence-electron chi connectivity index (χ1n) is 8.78. The highest BCUT2D eigenvalue weighted by Crippen LogP contribution is 2.31. The van der Waals surface area contributed by atoms with E-state index in [4.69, 9.17) is 4.74 Å². The van der Waals surface area contributed by atoms with E-state index in [1.807, 2.05) is 42.5 Å². The van der Waals surface area contributed by atoms with Gasteiger partial charge in [0.1, 0.15) is 5.75 Å². The molecule has 1 aromatic heterocycles. The third kappa shape index (κ3) is 3.99. The van der Waals surface area contributed by atoms with Crippen molar-refractivity contribution in [1.82, 2.24) is 9.97 Å². The van der Waals surface area contributed by atoms with Crippen molar-refractivity contribution >= 4 is 22.5 Å². The molecular formula is C22H16F3N3O. The van der Waals surface area contributed by atoms with E-state index in [9.17, 15) is 13.2 Å². The number of hydrogen-bond donors (Lipinski definition) is 1. The van der Waals surface area contributed by atoms with E-state index in [1.54, 1.807) is 13.3 Å². The molecule has 0 aliphatic heterocycles. The number of benzene rings is 3. The highest BCUT2D eigenvalue weighted by Gasteiger charge is 2.29. The van der Waals surface area contributed by atoms with Crippen LogP contribution in [0.25, 0.3) is 22.0 Å². The maximum Gasteiger partial charge on any atom is 0.416 e. The summed E-state index contributed by atoms with van der Waals surface area (Å²) in [4.78, 5) is 8.86. The molecule has 0 atom stereocenters. The number of fused-ring (bicyclic) bond motifs is 1. The molecule has 0 saturated heterocycles. The summed E-state index contributed by atoms with van der Waals surface area (Å²) in [6.07, 6.45) is -2.69. The Hall–Kier alpha value is -3.61. The minimum absolute atomic E-state index is 0.304. The first-order valence-corrected chi connectivity index (χ1v) is 8.78. The number of nitrogens with one attached hydrogen (secondary N) is 1. The molecule has 0 fully saturated rings. The van der Waals surface area contributed by atoms with Crippen LogP contribution in [-0.4, -0.2) is 17.1 Å². The Labute approximate surface area is 165 Å². The first-order chi connectivity index (χ1) is 13.9. The van der Waals surface area contributed by atoms with Crippen molar-refractivity contribution in [2.75, 3.05) is 12.4 Å². The van der Waals surface area contributed by atoms with Crippen molar-refractivity contribution in [3.05, 3.63) is 78.5 Å². The third-order valence-electron chi connectivity index (χ3n) is 4.48. The normalized spacial score (nSPS) is 11.4. The van der Waals surface area contributed by atoms with Crippen LogP contribution in [0.5, 0.6) is 5.75 Å². The maximum absolute atomic E-state index is 12.7. The molecule has 0 spiro atoms. The number of halogens is 3. The fraction of sp³-hybridized carbons (Fsp3) is 0.0909. The first kappa shape index (κ1) is 18.7. The number of alkyl halides is 3. The standard InChI is InChI=1S/C22H16F3N3O/c1-29-18-11-5-14(6-12-18)19-4-2-3-15-13-26-21(28-20(15)19)27-17-9-7-16(8-10-17)22(23,24)25/h2-13H,1H3,(H,26,27,28). The Balaban J connectivity index is 1.68. The molecule has 0 aliphatic rings. The lowest BCUT2D eigenvalue weighted by molar-refractivity contribution is -0.137. The Morgan fingerprint density at radius 3 is 2.28 bits per heavy atom. The van der Waals surface area contributed by atoms with Crippen LogP contribution in [0.3, 0.4) is 0 Å². The fourth-order valence-electron chi connectivity index (χ4n) is 2.99. The number of aromatic nitrogens is 2. The van der Waals surface area contributed by atoms with Gasteiger partial charge in [-0.05, 0) is 42.0 Å². The molecule has 0 radical (unpaired) electrons. The van der Waals surface area contributed by atoms with Gasteiger partial charge in [0.25, 0.3) is 0 Å². The number of anilines is 2. The van der Waals surface area contributed by atoms with Crippen LogP contribution >= 0.6 is 0 Å². The lowest BCUT2D eigenvalue weighted by atomic mass is 10.0. The Morgan fingerprint density at radius 2 is 1.62 bits per heavy atom. The van der Waals surface area contributed by atoms with Crippen molar-refractivity contribution in [2.24, 2.45) is 0 Å². The molecule has 0 aliphatic carbocycles. The second kappa shape index (κ2) is 7.43. The van der Waals surface area contributed by atoms with Crippen molar-refractivity contribution in [1.29, 1.82) is 0 Å². The fourth-order valence-corrected chi connectivity index (χ4v) is 2.99. The summed E-state index contributed by atoms with van der Waals surface area (Å²) in [6.45, 7) is 0. The van der Waals surface area contributed by atoms with Gasteiger partial charge in [0.15, 0.2) is 0 Å². The minimum atomic E-state index is -4.37. The summed E-state index contributed by atoms with van der Waals surface area (Å²) >= 11 is 0. The number of para-hydroxylation sites is 1. The van der Waals surface area contributed by atoms with E-state index in [2.05, 4.69) is 15.3 Å². The van der Waals surface area contributed by atoms with E-state index >= 15 is 0 Å². The molecule has 1 N–H and O–H groups in total. The van der Waals surface area contributed by atoms with Gasteiger partial charge in [0.2, 0.25) is 5.95 Å². The summed E-state index contributed by atoms with van der Waals surface area (Å²) in [7, 11) is 1.61. The molecule has 0 unspecified atom stereocenters. The average Bonchev–Trinajstić information content (AvgIpc) is 2.73. The van der Waals surface area contributed by atoms with Gasteiger partial charge >= 0.3 is 6.18 Å². The van der Waals surface area contributed by atoms with E-state index in [0.29, 0.717) is 11.6 Å².